The molecule has 2 aromatic rings. The van der Waals surface area contributed by atoms with Gasteiger partial charge in [0.1, 0.15) is 0 Å². The molecule has 1 atom stereocenters. The first-order chi connectivity index (χ1) is 11.3. The van der Waals surface area contributed by atoms with Crippen LogP contribution in [0.4, 0.5) is 0 Å². The summed E-state index contributed by atoms with van der Waals surface area (Å²) in [5.41, 5.74) is 3.20. The molecule has 0 N–H and O–H groups in total. The van der Waals surface area contributed by atoms with E-state index in [1.165, 1.54) is 56.7 Å². The van der Waals surface area contributed by atoms with Gasteiger partial charge in [-0.2, -0.15) is 11.3 Å². The summed E-state index contributed by atoms with van der Waals surface area (Å²) in [4.78, 5) is 9.79. The van der Waals surface area contributed by atoms with Gasteiger partial charge in [-0.1, -0.05) is 6.07 Å². The number of pyridine rings is 1. The molecule has 4 rings (SSSR count). The summed E-state index contributed by atoms with van der Waals surface area (Å²) < 4.78 is 0. The second-order valence-corrected chi connectivity index (χ2v) is 8.01. The fourth-order valence-corrected chi connectivity index (χ4v) is 4.96. The molecular formula is C19H25N3S. The Hall–Kier alpha value is -1.23. The Morgan fingerprint density at radius 3 is 2.74 bits per heavy atom. The third-order valence-corrected chi connectivity index (χ3v) is 6.09. The molecule has 0 aliphatic carbocycles. The average Bonchev–Trinajstić information content (AvgIpc) is 3.20. The minimum absolute atomic E-state index is 0.517. The molecule has 0 aromatic carbocycles. The number of hydrogen-bond acceptors (Lipinski definition) is 4. The molecule has 0 amide bonds. The molecule has 2 aromatic heterocycles. The van der Waals surface area contributed by atoms with E-state index in [9.17, 15) is 0 Å². The van der Waals surface area contributed by atoms with Crippen molar-refractivity contribution < 1.29 is 0 Å². The van der Waals surface area contributed by atoms with Crippen LogP contribution in [0.1, 0.15) is 30.5 Å². The van der Waals surface area contributed by atoms with Crippen molar-refractivity contribution in [2.45, 2.75) is 32.4 Å². The van der Waals surface area contributed by atoms with Crippen molar-refractivity contribution >= 4 is 11.3 Å². The summed E-state index contributed by atoms with van der Waals surface area (Å²) in [6.45, 7) is 7.13. The van der Waals surface area contributed by atoms with Crippen LogP contribution in [0.2, 0.25) is 0 Å². The summed E-state index contributed by atoms with van der Waals surface area (Å²) in [5.74, 6) is 0. The first-order valence-corrected chi connectivity index (χ1v) is 9.61. The van der Waals surface area contributed by atoms with Crippen LogP contribution < -0.4 is 0 Å². The van der Waals surface area contributed by atoms with E-state index in [-0.39, 0.29) is 0 Å². The summed E-state index contributed by atoms with van der Waals surface area (Å²) >= 11 is 1.81. The lowest BCUT2D eigenvalue weighted by atomic mass is 9.79. The van der Waals surface area contributed by atoms with Crippen LogP contribution in [0.15, 0.2) is 41.2 Å². The molecule has 3 nitrogen and oxygen atoms in total. The van der Waals surface area contributed by atoms with Crippen LogP contribution in [-0.4, -0.2) is 41.0 Å². The lowest BCUT2D eigenvalue weighted by Crippen LogP contribution is -2.44. The molecule has 1 spiro atoms. The lowest BCUT2D eigenvalue weighted by Gasteiger charge is -2.40. The number of aromatic nitrogens is 1. The van der Waals surface area contributed by atoms with Gasteiger partial charge in [-0.25, -0.2) is 0 Å². The van der Waals surface area contributed by atoms with Crippen LogP contribution >= 0.6 is 11.3 Å². The van der Waals surface area contributed by atoms with Gasteiger partial charge in [0.05, 0.1) is 5.69 Å². The first-order valence-electron chi connectivity index (χ1n) is 8.67. The minimum atomic E-state index is 0.517. The summed E-state index contributed by atoms with van der Waals surface area (Å²) in [5, 5.41) is 4.48. The number of likely N-dealkylation sites (tertiary alicyclic amines) is 2. The van der Waals surface area contributed by atoms with Crippen molar-refractivity contribution in [2.24, 2.45) is 5.41 Å². The third kappa shape index (κ3) is 3.65. The maximum Gasteiger partial charge on any atom is 0.0543 e. The minimum Gasteiger partial charge on any atom is -0.298 e. The number of piperidine rings is 1. The molecule has 23 heavy (non-hydrogen) atoms. The molecule has 2 saturated heterocycles. The molecule has 2 fully saturated rings. The zero-order chi connectivity index (χ0) is 15.5. The van der Waals surface area contributed by atoms with Gasteiger partial charge in [0.25, 0.3) is 0 Å². The van der Waals surface area contributed by atoms with Gasteiger partial charge in [0.2, 0.25) is 0 Å². The summed E-state index contributed by atoms with van der Waals surface area (Å²) in [6, 6.07) is 8.52. The fourth-order valence-electron chi connectivity index (χ4n) is 4.30. The molecule has 0 saturated carbocycles. The van der Waals surface area contributed by atoms with Gasteiger partial charge in [-0.05, 0) is 72.3 Å². The van der Waals surface area contributed by atoms with Gasteiger partial charge in [-0.15, -0.1) is 0 Å². The average molecular weight is 327 g/mol. The monoisotopic (exact) mass is 327 g/mol. The topological polar surface area (TPSA) is 19.4 Å². The molecule has 2 aliphatic heterocycles. The SMILES string of the molecule is c1ccc(CN2CCC[C@@]3(CCN(Cc4ccsc4)C3)C2)nc1. The van der Waals surface area contributed by atoms with Crippen LogP contribution in [0.3, 0.4) is 0 Å². The molecule has 0 unspecified atom stereocenters. The molecule has 4 heterocycles. The second kappa shape index (κ2) is 6.71. The quantitative estimate of drug-likeness (QED) is 0.855. The second-order valence-electron chi connectivity index (χ2n) is 7.23. The van der Waals surface area contributed by atoms with E-state index in [1.54, 1.807) is 0 Å². The van der Waals surface area contributed by atoms with E-state index >= 15 is 0 Å². The fraction of sp³-hybridized carbons (Fsp3) is 0.526. The highest BCUT2D eigenvalue weighted by atomic mass is 32.1. The highest BCUT2D eigenvalue weighted by molar-refractivity contribution is 7.07. The number of rotatable bonds is 4. The van der Waals surface area contributed by atoms with E-state index in [0.29, 0.717) is 5.41 Å². The van der Waals surface area contributed by atoms with E-state index in [1.807, 2.05) is 23.6 Å². The van der Waals surface area contributed by atoms with Crippen LogP contribution in [0.25, 0.3) is 0 Å². The zero-order valence-electron chi connectivity index (χ0n) is 13.7. The number of hydrogen-bond donors (Lipinski definition) is 0. The van der Waals surface area contributed by atoms with Gasteiger partial charge >= 0.3 is 0 Å². The van der Waals surface area contributed by atoms with Crippen molar-refractivity contribution in [1.29, 1.82) is 0 Å². The lowest BCUT2D eigenvalue weighted by molar-refractivity contribution is 0.0857. The zero-order valence-corrected chi connectivity index (χ0v) is 14.5. The van der Waals surface area contributed by atoms with Crippen molar-refractivity contribution in [3.05, 3.63) is 52.5 Å². The van der Waals surface area contributed by atoms with Gasteiger partial charge in [0, 0.05) is 32.4 Å². The molecule has 4 heteroatoms. The third-order valence-electron chi connectivity index (χ3n) is 5.36. The Labute approximate surface area is 143 Å². The molecule has 2 aliphatic rings. The van der Waals surface area contributed by atoms with Crippen LogP contribution in [-0.2, 0) is 13.1 Å². The Balaban J connectivity index is 1.37. The molecule has 0 bridgehead atoms. The first kappa shape index (κ1) is 15.3. The Morgan fingerprint density at radius 2 is 1.96 bits per heavy atom. The van der Waals surface area contributed by atoms with Gasteiger partial charge in [-0.3, -0.25) is 14.8 Å². The Kier molecular flexibility index (Phi) is 4.47. The van der Waals surface area contributed by atoms with Crippen molar-refractivity contribution in [3.63, 3.8) is 0 Å². The summed E-state index contributed by atoms with van der Waals surface area (Å²) in [7, 11) is 0. The smallest absolute Gasteiger partial charge is 0.0543 e. The molecular weight excluding hydrogens is 302 g/mol. The van der Waals surface area contributed by atoms with Crippen molar-refractivity contribution in [2.75, 3.05) is 26.2 Å². The number of thiophene rings is 1. The maximum absolute atomic E-state index is 4.50. The Bertz CT molecular complexity index is 613. The normalized spacial score (nSPS) is 26.1. The highest BCUT2D eigenvalue weighted by Gasteiger charge is 2.41. The standard InChI is InChI=1S/C19H25N3S/c1-2-8-20-18(4-1)13-21-9-3-6-19(15-21)7-10-22(16-19)12-17-5-11-23-14-17/h1-2,4-5,8,11,14H,3,6-7,9-10,12-13,15-16H2/t19-/m1/s1. The Morgan fingerprint density at radius 1 is 1.04 bits per heavy atom. The van der Waals surface area contributed by atoms with E-state index in [0.717, 1.165) is 13.1 Å². The largest absolute Gasteiger partial charge is 0.298 e. The molecule has 122 valence electrons. The van der Waals surface area contributed by atoms with Crippen molar-refractivity contribution in [1.82, 2.24) is 14.8 Å². The van der Waals surface area contributed by atoms with Crippen LogP contribution in [0, 0.1) is 5.41 Å². The van der Waals surface area contributed by atoms with Crippen molar-refractivity contribution in [3.8, 4) is 0 Å². The van der Waals surface area contributed by atoms with Gasteiger partial charge < -0.3 is 0 Å². The van der Waals surface area contributed by atoms with Gasteiger partial charge in [0.15, 0.2) is 0 Å². The molecule has 0 radical (unpaired) electrons. The van der Waals surface area contributed by atoms with E-state index < -0.39 is 0 Å². The number of nitrogens with zero attached hydrogens (tertiary/aromatic N) is 3. The van der Waals surface area contributed by atoms with E-state index in [4.69, 9.17) is 0 Å². The van der Waals surface area contributed by atoms with E-state index in [2.05, 4.69) is 43.7 Å². The predicted octanol–water partition coefficient (Wildman–Crippen LogP) is 3.63. The van der Waals surface area contributed by atoms with Crippen LogP contribution in [0.5, 0.6) is 0 Å². The predicted molar refractivity (Wildman–Crippen MR) is 95.4 cm³/mol. The summed E-state index contributed by atoms with van der Waals surface area (Å²) in [6.07, 6.45) is 5.99. The maximum atomic E-state index is 4.50. The highest BCUT2D eigenvalue weighted by Crippen LogP contribution is 2.39.